The Labute approximate surface area is 175 Å². The quantitative estimate of drug-likeness (QED) is 0.808. The highest BCUT2D eigenvalue weighted by atomic mass is 32.2. The minimum absolute atomic E-state index is 0.00316. The zero-order chi connectivity index (χ0) is 20.1. The number of nitrogens with one attached hydrogen (secondary N) is 1. The van der Waals surface area contributed by atoms with Gasteiger partial charge < -0.3 is 19.9 Å². The van der Waals surface area contributed by atoms with Crippen molar-refractivity contribution in [3.63, 3.8) is 0 Å². The van der Waals surface area contributed by atoms with E-state index in [1.807, 2.05) is 36.0 Å². The molecule has 2 aliphatic rings. The third-order valence-corrected chi connectivity index (χ3v) is 6.47. The highest BCUT2D eigenvalue weighted by molar-refractivity contribution is 7.99. The van der Waals surface area contributed by atoms with Gasteiger partial charge in [0.1, 0.15) is 23.7 Å². The number of hydrogen-bond donors (Lipinski definition) is 1. The Kier molecular flexibility index (Phi) is 6.39. The Balaban J connectivity index is 1.35. The monoisotopic (exact) mass is 413 g/mol. The van der Waals surface area contributed by atoms with Crippen LogP contribution in [0.15, 0.2) is 36.7 Å². The van der Waals surface area contributed by atoms with Crippen molar-refractivity contribution in [3.05, 3.63) is 36.7 Å². The van der Waals surface area contributed by atoms with Crippen LogP contribution in [0.3, 0.4) is 0 Å². The third-order valence-electron chi connectivity index (χ3n) is 5.53. The van der Waals surface area contributed by atoms with Gasteiger partial charge in [0.15, 0.2) is 0 Å². The predicted molar refractivity (Wildman–Crippen MR) is 118 cm³/mol. The van der Waals surface area contributed by atoms with Crippen LogP contribution in [0.2, 0.25) is 0 Å². The number of carbonyl (C=O) groups is 1. The maximum atomic E-state index is 12.7. The summed E-state index contributed by atoms with van der Waals surface area (Å²) in [6.45, 7) is 3.70. The lowest BCUT2D eigenvalue weighted by Gasteiger charge is -2.33. The second kappa shape index (κ2) is 9.35. The zero-order valence-corrected chi connectivity index (χ0v) is 17.5. The van der Waals surface area contributed by atoms with E-state index in [1.54, 1.807) is 13.4 Å². The molecule has 1 N–H and O–H groups in total. The fourth-order valence-electron chi connectivity index (χ4n) is 3.83. The molecule has 2 aromatic rings. The van der Waals surface area contributed by atoms with E-state index in [2.05, 4.69) is 31.2 Å². The number of hydrogen-bond acceptors (Lipinski definition) is 7. The highest BCUT2D eigenvalue weighted by Gasteiger charge is 2.26. The molecule has 29 heavy (non-hydrogen) atoms. The predicted octanol–water partition coefficient (Wildman–Crippen LogP) is 2.89. The molecule has 2 saturated heterocycles. The minimum atomic E-state index is -0.00316. The molecule has 1 amide bonds. The summed E-state index contributed by atoms with van der Waals surface area (Å²) in [5.41, 5.74) is 0.725. The summed E-state index contributed by atoms with van der Waals surface area (Å²) in [5.74, 6) is 4.99. The molecule has 7 nitrogen and oxygen atoms in total. The first-order chi connectivity index (χ1) is 14.2. The van der Waals surface area contributed by atoms with Crippen molar-refractivity contribution in [3.8, 4) is 5.75 Å². The molecule has 1 aromatic carbocycles. The molecule has 2 aliphatic heterocycles. The fourth-order valence-corrected chi connectivity index (χ4v) is 4.73. The highest BCUT2D eigenvalue weighted by Crippen LogP contribution is 2.28. The van der Waals surface area contributed by atoms with Gasteiger partial charge in [0.25, 0.3) is 0 Å². The lowest BCUT2D eigenvalue weighted by atomic mass is 9.95. The lowest BCUT2D eigenvalue weighted by molar-refractivity contribution is -0.120. The SMILES string of the molecule is COc1ccccc1NC(=O)C1CCN(c2cc(N3CCSCC3)ncn2)CC1. The average Bonchev–Trinajstić information content (AvgIpc) is 2.80. The van der Waals surface area contributed by atoms with Gasteiger partial charge in [0, 0.05) is 49.7 Å². The Morgan fingerprint density at radius 3 is 2.41 bits per heavy atom. The van der Waals surface area contributed by atoms with Gasteiger partial charge in [-0.15, -0.1) is 0 Å². The molecule has 0 atom stereocenters. The summed E-state index contributed by atoms with van der Waals surface area (Å²) < 4.78 is 5.33. The Morgan fingerprint density at radius 1 is 1.07 bits per heavy atom. The van der Waals surface area contributed by atoms with E-state index in [4.69, 9.17) is 4.74 Å². The summed E-state index contributed by atoms with van der Waals surface area (Å²) in [6, 6.07) is 9.60. The molecule has 0 spiro atoms. The van der Waals surface area contributed by atoms with E-state index < -0.39 is 0 Å². The number of rotatable bonds is 5. The van der Waals surface area contributed by atoms with Crippen molar-refractivity contribution in [1.29, 1.82) is 0 Å². The molecule has 8 heteroatoms. The van der Waals surface area contributed by atoms with Crippen molar-refractivity contribution < 1.29 is 9.53 Å². The van der Waals surface area contributed by atoms with Crippen molar-refractivity contribution in [2.75, 3.05) is 59.9 Å². The van der Waals surface area contributed by atoms with Crippen LogP contribution in [0, 0.1) is 5.92 Å². The van der Waals surface area contributed by atoms with E-state index in [0.29, 0.717) is 5.75 Å². The van der Waals surface area contributed by atoms with Gasteiger partial charge in [0.05, 0.1) is 12.8 Å². The normalized spacial score (nSPS) is 17.8. The number of methoxy groups -OCH3 is 1. The maximum Gasteiger partial charge on any atom is 0.227 e. The maximum absolute atomic E-state index is 12.7. The third kappa shape index (κ3) is 4.75. The van der Waals surface area contributed by atoms with Gasteiger partial charge in [-0.2, -0.15) is 11.8 Å². The Morgan fingerprint density at radius 2 is 1.72 bits per heavy atom. The number of anilines is 3. The molecule has 0 unspecified atom stereocenters. The molecule has 3 heterocycles. The first-order valence-electron chi connectivity index (χ1n) is 10.1. The molecular weight excluding hydrogens is 386 g/mol. The van der Waals surface area contributed by atoms with E-state index >= 15 is 0 Å². The molecule has 0 aliphatic carbocycles. The summed E-state index contributed by atoms with van der Waals surface area (Å²) in [5, 5.41) is 3.02. The average molecular weight is 414 g/mol. The number of thioether (sulfide) groups is 1. The number of benzene rings is 1. The Hall–Kier alpha value is -2.48. The standard InChI is InChI=1S/C21H27N5O2S/c1-28-18-5-3-2-4-17(18)24-21(27)16-6-8-25(9-7-16)19-14-20(23-15-22-19)26-10-12-29-13-11-26/h2-5,14-16H,6-13H2,1H3,(H,24,27). The molecule has 4 rings (SSSR count). The summed E-state index contributed by atoms with van der Waals surface area (Å²) in [7, 11) is 1.61. The largest absolute Gasteiger partial charge is 0.495 e. The van der Waals surface area contributed by atoms with E-state index in [-0.39, 0.29) is 11.8 Å². The lowest BCUT2D eigenvalue weighted by Crippen LogP contribution is -2.39. The van der Waals surface area contributed by atoms with Gasteiger partial charge in [-0.25, -0.2) is 9.97 Å². The van der Waals surface area contributed by atoms with Gasteiger partial charge in [0.2, 0.25) is 5.91 Å². The molecule has 2 fully saturated rings. The van der Waals surface area contributed by atoms with Crippen LogP contribution in [-0.2, 0) is 4.79 Å². The van der Waals surface area contributed by atoms with Crippen LogP contribution >= 0.6 is 11.8 Å². The number of nitrogens with zero attached hydrogens (tertiary/aromatic N) is 4. The van der Waals surface area contributed by atoms with Gasteiger partial charge >= 0.3 is 0 Å². The molecule has 1 aromatic heterocycles. The van der Waals surface area contributed by atoms with Crippen molar-refractivity contribution in [2.24, 2.45) is 5.92 Å². The van der Waals surface area contributed by atoms with Crippen LogP contribution in [0.5, 0.6) is 5.75 Å². The molecule has 0 radical (unpaired) electrons. The number of carbonyl (C=O) groups excluding carboxylic acids is 1. The topological polar surface area (TPSA) is 70.6 Å². The van der Waals surface area contributed by atoms with E-state index in [0.717, 1.165) is 67.8 Å². The van der Waals surface area contributed by atoms with E-state index in [1.165, 1.54) is 0 Å². The van der Waals surface area contributed by atoms with Gasteiger partial charge in [-0.3, -0.25) is 4.79 Å². The van der Waals surface area contributed by atoms with Gasteiger partial charge in [-0.05, 0) is 25.0 Å². The van der Waals surface area contributed by atoms with E-state index in [9.17, 15) is 4.79 Å². The smallest absolute Gasteiger partial charge is 0.227 e. The number of ether oxygens (including phenoxy) is 1. The van der Waals surface area contributed by atoms with Crippen LogP contribution in [0.4, 0.5) is 17.3 Å². The van der Waals surface area contributed by atoms with Gasteiger partial charge in [-0.1, -0.05) is 12.1 Å². The number of piperidine rings is 1. The van der Waals surface area contributed by atoms with Crippen LogP contribution in [0.25, 0.3) is 0 Å². The van der Waals surface area contributed by atoms with Crippen LogP contribution < -0.4 is 19.9 Å². The molecule has 0 saturated carbocycles. The fraction of sp³-hybridized carbons (Fsp3) is 0.476. The van der Waals surface area contributed by atoms with Crippen molar-refractivity contribution in [2.45, 2.75) is 12.8 Å². The summed E-state index contributed by atoms with van der Waals surface area (Å²) in [6.07, 6.45) is 3.27. The zero-order valence-electron chi connectivity index (χ0n) is 16.7. The first kappa shape index (κ1) is 19.8. The summed E-state index contributed by atoms with van der Waals surface area (Å²) in [4.78, 5) is 26.3. The minimum Gasteiger partial charge on any atom is -0.495 e. The van der Waals surface area contributed by atoms with Crippen LogP contribution in [0.1, 0.15) is 12.8 Å². The Bertz CT molecular complexity index is 835. The number of para-hydroxylation sites is 2. The second-order valence-electron chi connectivity index (χ2n) is 7.28. The number of aromatic nitrogens is 2. The second-order valence-corrected chi connectivity index (χ2v) is 8.51. The summed E-state index contributed by atoms with van der Waals surface area (Å²) >= 11 is 1.99. The van der Waals surface area contributed by atoms with Crippen molar-refractivity contribution in [1.82, 2.24) is 9.97 Å². The molecule has 154 valence electrons. The van der Waals surface area contributed by atoms with Crippen molar-refractivity contribution >= 4 is 35.0 Å². The molecular formula is C21H27N5O2S. The number of amides is 1. The first-order valence-corrected chi connectivity index (χ1v) is 11.2. The molecule has 0 bridgehead atoms. The van der Waals surface area contributed by atoms with Crippen LogP contribution in [-0.4, -0.2) is 60.7 Å².